The number of fused-ring (bicyclic) bond motifs is 2. The third-order valence-corrected chi connectivity index (χ3v) is 6.94. The summed E-state index contributed by atoms with van der Waals surface area (Å²) in [7, 11) is 0. The smallest absolute Gasteiger partial charge is 0.313 e. The molecule has 5 atom stereocenters. The number of aromatic hydroxyl groups is 1. The van der Waals surface area contributed by atoms with Crippen LogP contribution in [-0.2, 0) is 22.4 Å². The van der Waals surface area contributed by atoms with Crippen LogP contribution >= 0.6 is 0 Å². The third-order valence-electron chi connectivity index (χ3n) is 6.94. The fourth-order valence-electron chi connectivity index (χ4n) is 5.91. The maximum absolute atomic E-state index is 12.7. The van der Waals surface area contributed by atoms with E-state index >= 15 is 0 Å². The van der Waals surface area contributed by atoms with Crippen molar-refractivity contribution in [3.05, 3.63) is 28.3 Å². The number of carbonyl (C=O) groups excluding carboxylic acids is 1. The van der Waals surface area contributed by atoms with Crippen molar-refractivity contribution in [3.8, 4) is 5.75 Å². The lowest BCUT2D eigenvalue weighted by Crippen LogP contribution is -2.60. The number of rotatable bonds is 0. The molecule has 3 fully saturated rings. The van der Waals surface area contributed by atoms with Crippen LogP contribution in [0.15, 0.2) is 6.07 Å². The highest BCUT2D eigenvalue weighted by molar-refractivity contribution is 5.83. The highest BCUT2D eigenvalue weighted by Gasteiger charge is 2.67. The van der Waals surface area contributed by atoms with Crippen LogP contribution in [-0.4, -0.2) is 17.2 Å². The number of carbonyl (C=O) groups is 1. The zero-order valence-corrected chi connectivity index (χ0v) is 12.5. The van der Waals surface area contributed by atoms with Gasteiger partial charge in [-0.3, -0.25) is 4.79 Å². The molecule has 1 saturated carbocycles. The van der Waals surface area contributed by atoms with Gasteiger partial charge in [-0.1, -0.05) is 6.92 Å². The lowest BCUT2D eigenvalue weighted by molar-refractivity contribution is -0.207. The van der Waals surface area contributed by atoms with Crippen LogP contribution in [0.25, 0.3) is 0 Å². The average Bonchev–Trinajstić information content (AvgIpc) is 2.86. The summed E-state index contributed by atoms with van der Waals surface area (Å²) in [6.07, 6.45) is 3.85. The summed E-state index contributed by atoms with van der Waals surface area (Å²) < 4.78 is 5.79. The summed E-state index contributed by atoms with van der Waals surface area (Å²) in [5, 5.41) is 10.2. The third kappa shape index (κ3) is 1.14. The van der Waals surface area contributed by atoms with E-state index in [4.69, 9.17) is 4.74 Å². The minimum atomic E-state index is -0.291. The molecule has 6 rings (SSSR count). The minimum Gasteiger partial charge on any atom is -0.508 e. The molecular formula is C18H20O3. The summed E-state index contributed by atoms with van der Waals surface area (Å²) in [4.78, 5) is 12.7. The highest BCUT2D eigenvalue weighted by Crippen LogP contribution is 2.67. The molecule has 21 heavy (non-hydrogen) atoms. The molecule has 3 heteroatoms. The van der Waals surface area contributed by atoms with Crippen molar-refractivity contribution < 1.29 is 14.6 Å². The number of hydrogen-bond acceptors (Lipinski definition) is 3. The van der Waals surface area contributed by atoms with E-state index in [2.05, 4.69) is 6.92 Å². The number of phenolic OH excluding ortho intramolecular Hbond substituents is 1. The Morgan fingerprint density at radius 3 is 3.00 bits per heavy atom. The van der Waals surface area contributed by atoms with Gasteiger partial charge in [0, 0.05) is 11.8 Å². The van der Waals surface area contributed by atoms with Crippen molar-refractivity contribution in [2.45, 2.75) is 51.6 Å². The molecule has 2 heterocycles. The molecule has 0 aromatic heterocycles. The molecule has 1 spiro atoms. The van der Waals surface area contributed by atoms with Crippen molar-refractivity contribution in [2.75, 3.05) is 0 Å². The van der Waals surface area contributed by atoms with Gasteiger partial charge < -0.3 is 9.84 Å². The van der Waals surface area contributed by atoms with Crippen LogP contribution in [0.1, 0.15) is 47.9 Å². The monoisotopic (exact) mass is 284 g/mol. The molecule has 2 saturated heterocycles. The summed E-state index contributed by atoms with van der Waals surface area (Å²) in [6.45, 7) is 4.25. The number of esters is 1. The van der Waals surface area contributed by atoms with Crippen molar-refractivity contribution in [3.63, 3.8) is 0 Å². The first-order chi connectivity index (χ1) is 10.0. The molecule has 5 aliphatic rings. The van der Waals surface area contributed by atoms with E-state index in [1.807, 2.05) is 13.0 Å². The van der Waals surface area contributed by atoms with Crippen LogP contribution in [0.3, 0.4) is 0 Å². The summed E-state index contributed by atoms with van der Waals surface area (Å²) in [5.74, 6) is 1.67. The summed E-state index contributed by atoms with van der Waals surface area (Å²) in [5.41, 5.74) is 4.70. The lowest BCUT2D eigenvalue weighted by atomic mass is 9.50. The number of ether oxygens (including phenoxy) is 1. The van der Waals surface area contributed by atoms with Crippen LogP contribution in [0, 0.1) is 24.2 Å². The molecule has 1 aromatic rings. The number of phenols is 1. The standard InChI is InChI=1S/C18H20O3/c1-8-5-14-12-7-11-9(2)13(19)6-10-3-4-18(8,17(20)21-14)16(12)15(10)11/h6,8,12,14,16,19H,3-5,7H2,1-2H3. The van der Waals surface area contributed by atoms with E-state index in [-0.39, 0.29) is 17.5 Å². The topological polar surface area (TPSA) is 46.5 Å². The first-order valence-corrected chi connectivity index (χ1v) is 8.09. The van der Waals surface area contributed by atoms with E-state index < -0.39 is 0 Å². The zero-order valence-electron chi connectivity index (χ0n) is 12.5. The van der Waals surface area contributed by atoms with Gasteiger partial charge in [0.2, 0.25) is 0 Å². The zero-order chi connectivity index (χ0) is 14.5. The van der Waals surface area contributed by atoms with Gasteiger partial charge in [-0.25, -0.2) is 0 Å². The first-order valence-electron chi connectivity index (χ1n) is 8.09. The van der Waals surface area contributed by atoms with Crippen LogP contribution in [0.4, 0.5) is 0 Å². The molecule has 3 aliphatic carbocycles. The molecule has 1 N–H and O–H groups in total. The Kier molecular flexibility index (Phi) is 1.98. The Labute approximate surface area is 124 Å². The van der Waals surface area contributed by atoms with Gasteiger partial charge in [0.25, 0.3) is 0 Å². The molecule has 0 radical (unpaired) electrons. The second-order valence-corrected chi connectivity index (χ2v) is 7.54. The summed E-state index contributed by atoms with van der Waals surface area (Å²) >= 11 is 0. The second-order valence-electron chi connectivity index (χ2n) is 7.54. The SMILES string of the molecule is Cc1c(O)cc2c3c1CC1C4CC(C)C(CC2)(C(=O)O4)C31. The van der Waals surface area contributed by atoms with E-state index in [9.17, 15) is 9.90 Å². The fraction of sp³-hybridized carbons (Fsp3) is 0.611. The van der Waals surface area contributed by atoms with Gasteiger partial charge in [-0.05, 0) is 66.8 Å². The molecule has 1 aromatic carbocycles. The van der Waals surface area contributed by atoms with Gasteiger partial charge in [0.05, 0.1) is 5.41 Å². The predicted octanol–water partition coefficient (Wildman–Crippen LogP) is 2.85. The van der Waals surface area contributed by atoms with Gasteiger partial charge >= 0.3 is 5.97 Å². The maximum atomic E-state index is 12.7. The molecular weight excluding hydrogens is 264 g/mol. The number of benzene rings is 1. The predicted molar refractivity (Wildman–Crippen MR) is 77.2 cm³/mol. The molecule has 2 bridgehead atoms. The Balaban J connectivity index is 1.82. The van der Waals surface area contributed by atoms with Crippen molar-refractivity contribution >= 4 is 5.97 Å². The molecule has 2 aliphatic heterocycles. The van der Waals surface area contributed by atoms with E-state index in [0.29, 0.717) is 23.5 Å². The Morgan fingerprint density at radius 1 is 1.43 bits per heavy atom. The van der Waals surface area contributed by atoms with E-state index in [0.717, 1.165) is 31.2 Å². The van der Waals surface area contributed by atoms with Gasteiger partial charge in [0.1, 0.15) is 11.9 Å². The van der Waals surface area contributed by atoms with Crippen molar-refractivity contribution in [1.82, 2.24) is 0 Å². The highest BCUT2D eigenvalue weighted by atomic mass is 16.5. The maximum Gasteiger partial charge on any atom is 0.313 e. The first kappa shape index (κ1) is 12.1. The largest absolute Gasteiger partial charge is 0.508 e. The fourth-order valence-corrected chi connectivity index (χ4v) is 5.91. The van der Waals surface area contributed by atoms with Crippen LogP contribution in [0.2, 0.25) is 0 Å². The molecule has 5 unspecified atom stereocenters. The number of aryl methyl sites for hydroxylation is 1. The Bertz CT molecular complexity index is 692. The van der Waals surface area contributed by atoms with Crippen molar-refractivity contribution in [2.24, 2.45) is 17.3 Å². The van der Waals surface area contributed by atoms with Gasteiger partial charge in [0.15, 0.2) is 0 Å². The molecule has 110 valence electrons. The van der Waals surface area contributed by atoms with Crippen LogP contribution in [0.5, 0.6) is 5.75 Å². The van der Waals surface area contributed by atoms with Crippen LogP contribution < -0.4 is 0 Å². The van der Waals surface area contributed by atoms with E-state index in [1.165, 1.54) is 16.7 Å². The molecule has 0 amide bonds. The normalized spacial score (nSPS) is 41.9. The lowest BCUT2D eigenvalue weighted by Gasteiger charge is -2.57. The van der Waals surface area contributed by atoms with Crippen molar-refractivity contribution in [1.29, 1.82) is 0 Å². The van der Waals surface area contributed by atoms with E-state index in [1.54, 1.807) is 0 Å². The Morgan fingerprint density at radius 2 is 2.24 bits per heavy atom. The Hall–Kier alpha value is -1.51. The van der Waals surface area contributed by atoms with Gasteiger partial charge in [-0.2, -0.15) is 0 Å². The van der Waals surface area contributed by atoms with Gasteiger partial charge in [-0.15, -0.1) is 0 Å². The summed E-state index contributed by atoms with van der Waals surface area (Å²) in [6, 6.07) is 1.95. The average molecular weight is 284 g/mol. The minimum absolute atomic E-state index is 0.0525. The second kappa shape index (κ2) is 3.45. The molecule has 3 nitrogen and oxygen atoms in total. The quantitative estimate of drug-likeness (QED) is 0.745. The number of hydrogen-bond donors (Lipinski definition) is 1.